The van der Waals surface area contributed by atoms with Crippen LogP contribution in [0.3, 0.4) is 0 Å². The van der Waals surface area contributed by atoms with E-state index >= 15 is 0 Å². The second-order valence-electron chi connectivity index (χ2n) is 5.49. The molecule has 2 rings (SSSR count). The highest BCUT2D eigenvalue weighted by Crippen LogP contribution is 2.32. The van der Waals surface area contributed by atoms with Crippen LogP contribution in [-0.2, 0) is 0 Å². The standard InChI is InChI=1S/C14H16BrF3N2O3/c1-20(7-8-4-10(21)5-8)13(22)19-9-2-3-12(11(15)6-9)23-14(16,17)18/h2-3,6,8,10,21H,4-5,7H2,1H3,(H,19,22). The largest absolute Gasteiger partial charge is 0.573 e. The zero-order valence-corrected chi connectivity index (χ0v) is 13.8. The van der Waals surface area contributed by atoms with Crippen molar-refractivity contribution in [2.75, 3.05) is 18.9 Å². The molecule has 23 heavy (non-hydrogen) atoms. The Bertz CT molecular complexity index is 577. The number of carbonyl (C=O) groups is 1. The predicted octanol–water partition coefficient (Wildman–Crippen LogP) is 3.58. The van der Waals surface area contributed by atoms with Crippen LogP contribution in [0.2, 0.25) is 0 Å². The minimum absolute atomic E-state index is 0.0809. The number of halogens is 4. The summed E-state index contributed by atoms with van der Waals surface area (Å²) in [6.45, 7) is 0.513. The normalized spacial score (nSPS) is 20.6. The number of nitrogens with zero attached hydrogens (tertiary/aromatic N) is 1. The molecule has 9 heteroatoms. The van der Waals surface area contributed by atoms with Gasteiger partial charge in [0.15, 0.2) is 0 Å². The number of benzene rings is 1. The van der Waals surface area contributed by atoms with Gasteiger partial charge in [0.1, 0.15) is 5.75 Å². The summed E-state index contributed by atoms with van der Waals surface area (Å²) in [5, 5.41) is 11.8. The highest BCUT2D eigenvalue weighted by molar-refractivity contribution is 9.10. The highest BCUT2D eigenvalue weighted by Gasteiger charge is 2.32. The summed E-state index contributed by atoms with van der Waals surface area (Å²) in [4.78, 5) is 13.5. The number of ether oxygens (including phenoxy) is 1. The molecule has 1 aliphatic rings. The summed E-state index contributed by atoms with van der Waals surface area (Å²) in [5.74, 6) is -0.109. The van der Waals surface area contributed by atoms with Crippen molar-refractivity contribution < 1.29 is 27.8 Å². The maximum absolute atomic E-state index is 12.2. The molecule has 0 atom stereocenters. The van der Waals surface area contributed by atoms with Crippen molar-refractivity contribution in [1.29, 1.82) is 0 Å². The van der Waals surface area contributed by atoms with Crippen molar-refractivity contribution in [3.8, 4) is 5.75 Å². The molecule has 0 saturated heterocycles. The van der Waals surface area contributed by atoms with Gasteiger partial charge in [0.25, 0.3) is 0 Å². The number of rotatable bonds is 4. The molecule has 1 aromatic rings. The van der Waals surface area contributed by atoms with Crippen LogP contribution in [-0.4, -0.2) is 42.1 Å². The molecule has 128 valence electrons. The van der Waals surface area contributed by atoms with Crippen molar-refractivity contribution in [3.05, 3.63) is 22.7 Å². The Morgan fingerprint density at radius 3 is 2.65 bits per heavy atom. The minimum Gasteiger partial charge on any atom is -0.405 e. The third-order valence-electron chi connectivity index (χ3n) is 3.50. The van der Waals surface area contributed by atoms with Gasteiger partial charge in [-0.1, -0.05) is 0 Å². The molecule has 0 aliphatic heterocycles. The van der Waals surface area contributed by atoms with E-state index in [4.69, 9.17) is 0 Å². The van der Waals surface area contributed by atoms with Gasteiger partial charge < -0.3 is 20.1 Å². The maximum atomic E-state index is 12.2. The smallest absolute Gasteiger partial charge is 0.405 e. The Kier molecular flexibility index (Phi) is 5.41. The Morgan fingerprint density at radius 1 is 1.48 bits per heavy atom. The topological polar surface area (TPSA) is 61.8 Å². The van der Waals surface area contributed by atoms with Crippen LogP contribution in [0.15, 0.2) is 22.7 Å². The third-order valence-corrected chi connectivity index (χ3v) is 4.12. The van der Waals surface area contributed by atoms with Crippen LogP contribution in [0.25, 0.3) is 0 Å². The quantitative estimate of drug-likeness (QED) is 0.817. The van der Waals surface area contributed by atoms with Crippen molar-refractivity contribution in [3.63, 3.8) is 0 Å². The molecule has 0 spiro atoms. The SMILES string of the molecule is CN(CC1CC(O)C1)C(=O)Nc1ccc(OC(F)(F)F)c(Br)c1. The lowest BCUT2D eigenvalue weighted by molar-refractivity contribution is -0.274. The second-order valence-corrected chi connectivity index (χ2v) is 6.35. The summed E-state index contributed by atoms with van der Waals surface area (Å²) in [5.41, 5.74) is 0.344. The number of aliphatic hydroxyl groups excluding tert-OH is 1. The molecule has 1 fully saturated rings. The fraction of sp³-hybridized carbons (Fsp3) is 0.500. The van der Waals surface area contributed by atoms with Gasteiger partial charge in [0, 0.05) is 19.3 Å². The molecule has 5 nitrogen and oxygen atoms in total. The monoisotopic (exact) mass is 396 g/mol. The summed E-state index contributed by atoms with van der Waals surface area (Å²) in [6.07, 6.45) is -3.71. The number of aliphatic hydroxyl groups is 1. The summed E-state index contributed by atoms with van der Waals surface area (Å²) >= 11 is 2.98. The summed E-state index contributed by atoms with van der Waals surface area (Å²) < 4.78 is 40.5. The zero-order chi connectivity index (χ0) is 17.2. The summed E-state index contributed by atoms with van der Waals surface area (Å²) in [7, 11) is 1.62. The molecule has 0 bridgehead atoms. The lowest BCUT2D eigenvalue weighted by Crippen LogP contribution is -2.41. The number of nitrogens with one attached hydrogen (secondary N) is 1. The average Bonchev–Trinajstić information content (AvgIpc) is 2.38. The molecule has 2 N–H and O–H groups in total. The number of hydrogen-bond acceptors (Lipinski definition) is 3. The number of urea groups is 1. The van der Waals surface area contributed by atoms with Gasteiger partial charge in [0.2, 0.25) is 0 Å². The van der Waals surface area contributed by atoms with Crippen LogP contribution in [0, 0.1) is 5.92 Å². The molecule has 0 aromatic heterocycles. The van der Waals surface area contributed by atoms with Gasteiger partial charge in [-0.2, -0.15) is 0 Å². The second kappa shape index (κ2) is 6.96. The average molecular weight is 397 g/mol. The lowest BCUT2D eigenvalue weighted by atomic mass is 9.82. The molecule has 1 aromatic carbocycles. The Hall–Kier alpha value is -1.48. The first-order valence-corrected chi connectivity index (χ1v) is 7.69. The molecule has 1 saturated carbocycles. The molecule has 2 amide bonds. The first-order valence-electron chi connectivity index (χ1n) is 6.89. The Balaban J connectivity index is 1.91. The number of anilines is 1. The van der Waals surface area contributed by atoms with E-state index in [9.17, 15) is 23.1 Å². The van der Waals surface area contributed by atoms with Crippen molar-refractivity contribution in [1.82, 2.24) is 4.90 Å². The summed E-state index contributed by atoms with van der Waals surface area (Å²) in [6, 6.07) is 3.41. The van der Waals surface area contributed by atoms with Gasteiger partial charge >= 0.3 is 12.4 Å². The first-order chi connectivity index (χ1) is 10.6. The predicted molar refractivity (Wildman–Crippen MR) is 81.2 cm³/mol. The van der Waals surface area contributed by atoms with Crippen LogP contribution < -0.4 is 10.1 Å². The Morgan fingerprint density at radius 2 is 2.13 bits per heavy atom. The first kappa shape index (κ1) is 17.9. The van der Waals surface area contributed by atoms with Crippen molar-refractivity contribution in [2.24, 2.45) is 5.92 Å². The molecule has 0 heterocycles. The molecule has 0 unspecified atom stereocenters. The van der Waals surface area contributed by atoms with Gasteiger partial charge in [-0.3, -0.25) is 0 Å². The third kappa shape index (κ3) is 5.28. The Labute approximate surface area is 139 Å². The van der Waals surface area contributed by atoms with Gasteiger partial charge in [-0.05, 0) is 52.9 Å². The van der Waals surface area contributed by atoms with Crippen LogP contribution in [0.4, 0.5) is 23.7 Å². The number of amides is 2. The maximum Gasteiger partial charge on any atom is 0.573 e. The van der Waals surface area contributed by atoms with Gasteiger partial charge in [-0.15, -0.1) is 13.2 Å². The molecule has 0 radical (unpaired) electrons. The van der Waals surface area contributed by atoms with E-state index in [1.165, 1.54) is 17.0 Å². The van der Waals surface area contributed by atoms with E-state index in [-0.39, 0.29) is 28.3 Å². The van der Waals surface area contributed by atoms with Crippen LogP contribution in [0.5, 0.6) is 5.75 Å². The van der Waals surface area contributed by atoms with E-state index in [1.807, 2.05) is 0 Å². The zero-order valence-electron chi connectivity index (χ0n) is 12.2. The van der Waals surface area contributed by atoms with E-state index in [1.54, 1.807) is 7.05 Å². The van der Waals surface area contributed by atoms with E-state index < -0.39 is 6.36 Å². The minimum atomic E-state index is -4.78. The van der Waals surface area contributed by atoms with E-state index in [0.717, 1.165) is 6.07 Å². The molecule has 1 aliphatic carbocycles. The fourth-order valence-electron chi connectivity index (χ4n) is 2.32. The van der Waals surface area contributed by atoms with Gasteiger partial charge in [0.05, 0.1) is 10.6 Å². The fourth-order valence-corrected chi connectivity index (χ4v) is 2.78. The van der Waals surface area contributed by atoms with E-state index in [2.05, 4.69) is 26.0 Å². The highest BCUT2D eigenvalue weighted by atomic mass is 79.9. The van der Waals surface area contributed by atoms with Crippen LogP contribution >= 0.6 is 15.9 Å². The van der Waals surface area contributed by atoms with E-state index in [0.29, 0.717) is 25.1 Å². The number of carbonyl (C=O) groups excluding carboxylic acids is 1. The van der Waals surface area contributed by atoms with Crippen molar-refractivity contribution >= 4 is 27.6 Å². The van der Waals surface area contributed by atoms with Gasteiger partial charge in [-0.25, -0.2) is 4.79 Å². The van der Waals surface area contributed by atoms with Crippen LogP contribution in [0.1, 0.15) is 12.8 Å². The van der Waals surface area contributed by atoms with Crippen molar-refractivity contribution in [2.45, 2.75) is 25.3 Å². The molecular formula is C14H16BrF3N2O3. The molecular weight excluding hydrogens is 381 g/mol. The number of alkyl halides is 3. The lowest BCUT2D eigenvalue weighted by Gasteiger charge is -2.34. The number of hydrogen-bond donors (Lipinski definition) is 2.